The number of likely N-dealkylation sites (tertiary alicyclic amines) is 1. The summed E-state index contributed by atoms with van der Waals surface area (Å²) in [6.45, 7) is 4.21. The van der Waals surface area contributed by atoms with Crippen LogP contribution in [0.2, 0.25) is 0 Å². The van der Waals surface area contributed by atoms with Gasteiger partial charge < -0.3 is 5.11 Å². The molecule has 2 atom stereocenters. The monoisotopic (exact) mass is 320 g/mol. The van der Waals surface area contributed by atoms with E-state index in [2.05, 4.69) is 17.9 Å². The lowest BCUT2D eigenvalue weighted by Gasteiger charge is -2.38. The Kier molecular flexibility index (Phi) is 5.30. The molecule has 2 aromatic carbocycles. The number of nitriles is 1. The summed E-state index contributed by atoms with van der Waals surface area (Å²) < 4.78 is 0. The van der Waals surface area contributed by atoms with Gasteiger partial charge in [-0.2, -0.15) is 5.26 Å². The predicted molar refractivity (Wildman–Crippen MR) is 95.3 cm³/mol. The van der Waals surface area contributed by atoms with E-state index in [9.17, 15) is 5.11 Å². The molecule has 0 aliphatic carbocycles. The minimum Gasteiger partial charge on any atom is -0.388 e. The van der Waals surface area contributed by atoms with Crippen molar-refractivity contribution in [1.29, 1.82) is 5.26 Å². The Morgan fingerprint density at radius 2 is 1.62 bits per heavy atom. The molecule has 2 aromatic rings. The van der Waals surface area contributed by atoms with E-state index in [-0.39, 0.29) is 6.10 Å². The maximum atomic E-state index is 10.6. The molecule has 0 saturated carbocycles. The van der Waals surface area contributed by atoms with Crippen LogP contribution in [0, 0.1) is 17.2 Å². The molecule has 0 amide bonds. The zero-order valence-electron chi connectivity index (χ0n) is 14.1. The van der Waals surface area contributed by atoms with Crippen LogP contribution in [0.25, 0.3) is 0 Å². The molecule has 0 aromatic heterocycles. The van der Waals surface area contributed by atoms with Gasteiger partial charge in [0, 0.05) is 6.04 Å². The summed E-state index contributed by atoms with van der Waals surface area (Å²) >= 11 is 0. The van der Waals surface area contributed by atoms with E-state index >= 15 is 0 Å². The van der Waals surface area contributed by atoms with Crippen molar-refractivity contribution in [2.75, 3.05) is 13.1 Å². The molecule has 124 valence electrons. The molecule has 1 aliphatic heterocycles. The highest BCUT2D eigenvalue weighted by Crippen LogP contribution is 2.33. The Bertz CT molecular complexity index is 682. The van der Waals surface area contributed by atoms with Gasteiger partial charge in [-0.25, -0.2) is 0 Å². The second-order valence-electron chi connectivity index (χ2n) is 6.64. The summed E-state index contributed by atoms with van der Waals surface area (Å²) in [7, 11) is 0. The molecule has 1 aliphatic rings. The topological polar surface area (TPSA) is 47.3 Å². The van der Waals surface area contributed by atoms with Gasteiger partial charge in [0.15, 0.2) is 0 Å². The van der Waals surface area contributed by atoms with Crippen molar-refractivity contribution in [2.24, 2.45) is 5.92 Å². The zero-order valence-corrected chi connectivity index (χ0v) is 14.1. The van der Waals surface area contributed by atoms with Crippen molar-refractivity contribution in [3.63, 3.8) is 0 Å². The number of hydrogen-bond acceptors (Lipinski definition) is 3. The Balaban J connectivity index is 1.59. The molecule has 3 nitrogen and oxygen atoms in total. The van der Waals surface area contributed by atoms with Crippen molar-refractivity contribution >= 4 is 0 Å². The van der Waals surface area contributed by atoms with Crippen molar-refractivity contribution in [3.8, 4) is 6.07 Å². The summed E-state index contributed by atoms with van der Waals surface area (Å²) in [6, 6.07) is 20.4. The maximum absolute atomic E-state index is 10.6. The number of nitrogens with zero attached hydrogens (tertiary/aromatic N) is 2. The fraction of sp³-hybridized carbons (Fsp3) is 0.381. The fourth-order valence-corrected chi connectivity index (χ4v) is 3.59. The normalized spacial score (nSPS) is 18.7. The van der Waals surface area contributed by atoms with Crippen molar-refractivity contribution in [3.05, 3.63) is 71.3 Å². The van der Waals surface area contributed by atoms with Crippen molar-refractivity contribution < 1.29 is 5.11 Å². The Morgan fingerprint density at radius 3 is 2.21 bits per heavy atom. The minimum atomic E-state index is -0.362. The van der Waals surface area contributed by atoms with Crippen LogP contribution in [-0.2, 0) is 0 Å². The number of aliphatic hydroxyl groups is 1. The third-order valence-corrected chi connectivity index (χ3v) is 5.23. The minimum absolute atomic E-state index is 0.330. The van der Waals surface area contributed by atoms with Gasteiger partial charge in [0.25, 0.3) is 0 Å². The summed E-state index contributed by atoms with van der Waals surface area (Å²) in [5.74, 6) is 0.330. The van der Waals surface area contributed by atoms with Crippen molar-refractivity contribution in [1.82, 2.24) is 4.90 Å². The van der Waals surface area contributed by atoms with Crippen LogP contribution in [0.5, 0.6) is 0 Å². The van der Waals surface area contributed by atoms with Crippen LogP contribution in [0.3, 0.4) is 0 Å². The van der Waals surface area contributed by atoms with E-state index < -0.39 is 0 Å². The van der Waals surface area contributed by atoms with Gasteiger partial charge in [-0.05, 0) is 62.0 Å². The standard InChI is InChI=1S/C21H24N2O/c1-16(18-9-7-17(15-22)8-10-18)23-13-11-20(12-14-23)21(24)19-5-3-2-4-6-19/h2-10,16,20-21,24H,11-14H2,1H3. The van der Waals surface area contributed by atoms with E-state index in [1.807, 2.05) is 54.6 Å². The quantitative estimate of drug-likeness (QED) is 0.924. The fourth-order valence-electron chi connectivity index (χ4n) is 3.59. The van der Waals surface area contributed by atoms with E-state index in [0.29, 0.717) is 17.5 Å². The molecular formula is C21H24N2O. The highest BCUT2D eigenvalue weighted by atomic mass is 16.3. The van der Waals surface area contributed by atoms with E-state index in [1.54, 1.807) is 0 Å². The van der Waals surface area contributed by atoms with E-state index in [0.717, 1.165) is 31.5 Å². The summed E-state index contributed by atoms with van der Waals surface area (Å²) in [6.07, 6.45) is 1.66. The molecule has 24 heavy (non-hydrogen) atoms. The van der Waals surface area contributed by atoms with Crippen LogP contribution < -0.4 is 0 Å². The zero-order chi connectivity index (χ0) is 16.9. The van der Waals surface area contributed by atoms with Gasteiger partial charge in [-0.1, -0.05) is 42.5 Å². The molecule has 0 spiro atoms. The average molecular weight is 320 g/mol. The van der Waals surface area contributed by atoms with Gasteiger partial charge in [0.2, 0.25) is 0 Å². The summed E-state index contributed by atoms with van der Waals surface area (Å²) in [5.41, 5.74) is 2.97. The summed E-state index contributed by atoms with van der Waals surface area (Å²) in [5, 5.41) is 19.5. The lowest BCUT2D eigenvalue weighted by molar-refractivity contribution is 0.0472. The Hall–Kier alpha value is -2.15. The largest absolute Gasteiger partial charge is 0.388 e. The molecule has 1 fully saturated rings. The number of benzene rings is 2. The number of aliphatic hydroxyl groups excluding tert-OH is 1. The maximum Gasteiger partial charge on any atom is 0.0991 e. The van der Waals surface area contributed by atoms with Crippen LogP contribution in [0.1, 0.15) is 48.6 Å². The van der Waals surface area contributed by atoms with Crippen molar-refractivity contribution in [2.45, 2.75) is 31.9 Å². The first-order valence-corrected chi connectivity index (χ1v) is 8.66. The van der Waals surface area contributed by atoms with Crippen LogP contribution in [0.15, 0.2) is 54.6 Å². The second kappa shape index (κ2) is 7.61. The molecule has 2 unspecified atom stereocenters. The molecule has 1 N–H and O–H groups in total. The lowest BCUT2D eigenvalue weighted by Crippen LogP contribution is -2.37. The first-order valence-electron chi connectivity index (χ1n) is 8.66. The Labute approximate surface area is 144 Å². The Morgan fingerprint density at radius 1 is 1.00 bits per heavy atom. The average Bonchev–Trinajstić information content (AvgIpc) is 2.68. The molecular weight excluding hydrogens is 296 g/mol. The van der Waals surface area contributed by atoms with Gasteiger partial charge >= 0.3 is 0 Å². The van der Waals surface area contributed by atoms with Crippen LogP contribution in [-0.4, -0.2) is 23.1 Å². The van der Waals surface area contributed by atoms with Gasteiger partial charge in [-0.3, -0.25) is 4.90 Å². The molecule has 0 bridgehead atoms. The SMILES string of the molecule is CC(c1ccc(C#N)cc1)N1CCC(C(O)c2ccccc2)CC1. The molecule has 1 saturated heterocycles. The second-order valence-corrected chi connectivity index (χ2v) is 6.64. The smallest absolute Gasteiger partial charge is 0.0991 e. The van der Waals surface area contributed by atoms with Crippen LogP contribution in [0.4, 0.5) is 0 Å². The summed E-state index contributed by atoms with van der Waals surface area (Å²) in [4.78, 5) is 2.47. The van der Waals surface area contributed by atoms with Crippen LogP contribution >= 0.6 is 0 Å². The van der Waals surface area contributed by atoms with Gasteiger partial charge in [0.05, 0.1) is 17.7 Å². The molecule has 1 heterocycles. The number of hydrogen-bond donors (Lipinski definition) is 1. The predicted octanol–water partition coefficient (Wildman–Crippen LogP) is 4.06. The first kappa shape index (κ1) is 16.7. The third-order valence-electron chi connectivity index (χ3n) is 5.23. The van der Waals surface area contributed by atoms with E-state index in [4.69, 9.17) is 5.26 Å². The number of piperidine rings is 1. The first-order chi connectivity index (χ1) is 11.7. The highest BCUT2D eigenvalue weighted by molar-refractivity contribution is 5.32. The molecule has 3 rings (SSSR count). The number of rotatable bonds is 4. The van der Waals surface area contributed by atoms with E-state index in [1.165, 1.54) is 5.56 Å². The highest BCUT2D eigenvalue weighted by Gasteiger charge is 2.28. The molecule has 3 heteroatoms. The van der Waals surface area contributed by atoms with Gasteiger partial charge in [-0.15, -0.1) is 0 Å². The lowest BCUT2D eigenvalue weighted by atomic mass is 9.86. The third kappa shape index (κ3) is 3.67. The molecule has 0 radical (unpaired) electrons. The van der Waals surface area contributed by atoms with Gasteiger partial charge in [0.1, 0.15) is 0 Å².